The quantitative estimate of drug-likeness (QED) is 0.867. The van der Waals surface area contributed by atoms with Gasteiger partial charge in [-0.25, -0.2) is 13.1 Å². The molecule has 0 saturated heterocycles. The fraction of sp³-hybridized carbons (Fsp3) is 0.188. The SMILES string of the molecule is CC(C)NS(=O)(=O)c1ccc(Cl)c(C(=O)Nc2ccccc2)c1. The third-order valence-corrected chi connectivity index (χ3v) is 4.90. The minimum atomic E-state index is -3.69. The summed E-state index contributed by atoms with van der Waals surface area (Å²) in [5.74, 6) is -0.470. The van der Waals surface area contributed by atoms with E-state index in [0.717, 1.165) is 0 Å². The molecule has 0 fully saturated rings. The van der Waals surface area contributed by atoms with Crippen LogP contribution in [0.5, 0.6) is 0 Å². The molecule has 0 aliphatic rings. The van der Waals surface area contributed by atoms with E-state index in [1.165, 1.54) is 18.2 Å². The third kappa shape index (κ3) is 4.54. The second kappa shape index (κ2) is 7.12. The van der Waals surface area contributed by atoms with Crippen LogP contribution in [-0.2, 0) is 10.0 Å². The Bertz CT molecular complexity index is 805. The van der Waals surface area contributed by atoms with E-state index < -0.39 is 15.9 Å². The number of amides is 1. The number of carbonyl (C=O) groups is 1. The zero-order valence-corrected chi connectivity index (χ0v) is 14.3. The van der Waals surface area contributed by atoms with Crippen LogP contribution in [0.2, 0.25) is 5.02 Å². The predicted octanol–water partition coefficient (Wildman–Crippen LogP) is 3.28. The number of hydrogen-bond donors (Lipinski definition) is 2. The molecule has 0 aliphatic heterocycles. The fourth-order valence-corrected chi connectivity index (χ4v) is 3.42. The highest BCUT2D eigenvalue weighted by atomic mass is 35.5. The topological polar surface area (TPSA) is 75.3 Å². The van der Waals surface area contributed by atoms with E-state index in [2.05, 4.69) is 10.0 Å². The van der Waals surface area contributed by atoms with Crippen molar-refractivity contribution < 1.29 is 13.2 Å². The summed E-state index contributed by atoms with van der Waals surface area (Å²) < 4.78 is 26.9. The molecular formula is C16H17ClN2O3S. The van der Waals surface area contributed by atoms with Crippen LogP contribution < -0.4 is 10.0 Å². The van der Waals surface area contributed by atoms with Crippen molar-refractivity contribution in [2.45, 2.75) is 24.8 Å². The van der Waals surface area contributed by atoms with E-state index in [1.54, 1.807) is 38.1 Å². The molecule has 0 heterocycles. The summed E-state index contributed by atoms with van der Waals surface area (Å²) in [6.45, 7) is 3.44. The molecule has 0 aromatic heterocycles. The summed E-state index contributed by atoms with van der Waals surface area (Å²) in [6.07, 6.45) is 0. The van der Waals surface area contributed by atoms with Crippen molar-refractivity contribution in [2.24, 2.45) is 0 Å². The van der Waals surface area contributed by atoms with Crippen molar-refractivity contribution in [3.8, 4) is 0 Å². The molecule has 0 aliphatic carbocycles. The fourth-order valence-electron chi connectivity index (χ4n) is 1.94. The second-order valence-electron chi connectivity index (χ2n) is 5.24. The Morgan fingerprint density at radius 2 is 1.74 bits per heavy atom. The molecule has 2 N–H and O–H groups in total. The van der Waals surface area contributed by atoms with Crippen LogP contribution in [0.15, 0.2) is 53.4 Å². The highest BCUT2D eigenvalue weighted by Crippen LogP contribution is 2.22. The number of sulfonamides is 1. The standard InChI is InChI=1S/C16H17ClN2O3S/c1-11(2)19-23(21,22)13-8-9-15(17)14(10-13)16(20)18-12-6-4-3-5-7-12/h3-11,19H,1-2H3,(H,18,20). The van der Waals surface area contributed by atoms with Crippen molar-refractivity contribution >= 4 is 33.2 Å². The Labute approximate surface area is 140 Å². The first-order chi connectivity index (χ1) is 10.8. The molecule has 2 rings (SSSR count). The van der Waals surface area contributed by atoms with E-state index in [-0.39, 0.29) is 21.5 Å². The zero-order valence-electron chi connectivity index (χ0n) is 12.7. The van der Waals surface area contributed by atoms with Gasteiger partial charge in [0.05, 0.1) is 15.5 Å². The van der Waals surface area contributed by atoms with Crippen LogP contribution in [0.3, 0.4) is 0 Å². The van der Waals surface area contributed by atoms with Crippen LogP contribution in [0.4, 0.5) is 5.69 Å². The Morgan fingerprint density at radius 1 is 1.09 bits per heavy atom. The van der Waals surface area contributed by atoms with Gasteiger partial charge in [-0.2, -0.15) is 0 Å². The van der Waals surface area contributed by atoms with Crippen molar-refractivity contribution in [1.29, 1.82) is 0 Å². The molecule has 0 spiro atoms. The summed E-state index contributed by atoms with van der Waals surface area (Å²) >= 11 is 6.04. The van der Waals surface area contributed by atoms with Crippen molar-refractivity contribution in [1.82, 2.24) is 4.72 Å². The number of nitrogens with one attached hydrogen (secondary N) is 2. The Morgan fingerprint density at radius 3 is 2.35 bits per heavy atom. The van der Waals surface area contributed by atoms with Crippen LogP contribution in [0.1, 0.15) is 24.2 Å². The van der Waals surface area contributed by atoms with E-state index in [1.807, 2.05) is 6.07 Å². The molecule has 23 heavy (non-hydrogen) atoms. The normalized spacial score (nSPS) is 11.5. The number of anilines is 1. The Balaban J connectivity index is 2.32. The summed E-state index contributed by atoms with van der Waals surface area (Å²) in [6, 6.07) is 12.6. The minimum absolute atomic E-state index is 0.00573. The first-order valence-corrected chi connectivity index (χ1v) is 8.84. The van der Waals surface area contributed by atoms with E-state index in [9.17, 15) is 13.2 Å². The number of hydrogen-bond acceptors (Lipinski definition) is 3. The molecule has 0 radical (unpaired) electrons. The van der Waals surface area contributed by atoms with Crippen molar-refractivity contribution in [2.75, 3.05) is 5.32 Å². The van der Waals surface area contributed by atoms with Gasteiger partial charge in [0, 0.05) is 11.7 Å². The van der Waals surface area contributed by atoms with Crippen molar-refractivity contribution in [3.05, 3.63) is 59.1 Å². The van der Waals surface area contributed by atoms with Crippen LogP contribution in [0.25, 0.3) is 0 Å². The monoisotopic (exact) mass is 352 g/mol. The molecule has 2 aromatic carbocycles. The molecule has 5 nitrogen and oxygen atoms in total. The van der Waals surface area contributed by atoms with Crippen molar-refractivity contribution in [3.63, 3.8) is 0 Å². The lowest BCUT2D eigenvalue weighted by atomic mass is 10.2. The number of carbonyl (C=O) groups excluding carboxylic acids is 1. The first kappa shape index (κ1) is 17.5. The number of para-hydroxylation sites is 1. The number of halogens is 1. The zero-order chi connectivity index (χ0) is 17.0. The molecular weight excluding hydrogens is 336 g/mol. The van der Waals surface area contributed by atoms with E-state index in [0.29, 0.717) is 5.69 Å². The third-order valence-electron chi connectivity index (χ3n) is 2.92. The average Bonchev–Trinajstić information content (AvgIpc) is 2.47. The molecule has 0 atom stereocenters. The maximum absolute atomic E-state index is 12.3. The molecule has 122 valence electrons. The second-order valence-corrected chi connectivity index (χ2v) is 7.36. The maximum atomic E-state index is 12.3. The average molecular weight is 353 g/mol. The number of rotatable bonds is 5. The van der Waals surface area contributed by atoms with Gasteiger partial charge in [0.2, 0.25) is 10.0 Å². The van der Waals surface area contributed by atoms with Gasteiger partial charge in [-0.05, 0) is 44.2 Å². The van der Waals surface area contributed by atoms with E-state index in [4.69, 9.17) is 11.6 Å². The molecule has 7 heteroatoms. The molecule has 1 amide bonds. The van der Waals surface area contributed by atoms with Gasteiger partial charge >= 0.3 is 0 Å². The van der Waals surface area contributed by atoms with Gasteiger partial charge in [0.1, 0.15) is 0 Å². The Hall–Kier alpha value is -1.89. The minimum Gasteiger partial charge on any atom is -0.322 e. The lowest BCUT2D eigenvalue weighted by molar-refractivity contribution is 0.102. The lowest BCUT2D eigenvalue weighted by Crippen LogP contribution is -2.30. The molecule has 0 saturated carbocycles. The van der Waals surface area contributed by atoms with Crippen LogP contribution in [-0.4, -0.2) is 20.4 Å². The van der Waals surface area contributed by atoms with Crippen LogP contribution in [0, 0.1) is 0 Å². The largest absolute Gasteiger partial charge is 0.322 e. The summed E-state index contributed by atoms with van der Waals surface area (Å²) in [5, 5.41) is 2.86. The summed E-state index contributed by atoms with van der Waals surface area (Å²) in [4.78, 5) is 12.3. The van der Waals surface area contributed by atoms with Gasteiger partial charge < -0.3 is 5.32 Å². The molecule has 2 aromatic rings. The summed E-state index contributed by atoms with van der Waals surface area (Å²) in [7, 11) is -3.69. The highest BCUT2D eigenvalue weighted by Gasteiger charge is 2.19. The summed E-state index contributed by atoms with van der Waals surface area (Å²) in [5.41, 5.74) is 0.698. The Kier molecular flexibility index (Phi) is 5.41. The van der Waals surface area contributed by atoms with E-state index >= 15 is 0 Å². The van der Waals surface area contributed by atoms with Gasteiger partial charge in [-0.15, -0.1) is 0 Å². The smallest absolute Gasteiger partial charge is 0.257 e. The highest BCUT2D eigenvalue weighted by molar-refractivity contribution is 7.89. The molecule has 0 bridgehead atoms. The van der Waals surface area contributed by atoms with Gasteiger partial charge in [-0.1, -0.05) is 29.8 Å². The predicted molar refractivity (Wildman–Crippen MR) is 91.3 cm³/mol. The number of benzene rings is 2. The lowest BCUT2D eigenvalue weighted by Gasteiger charge is -2.12. The van der Waals surface area contributed by atoms with Gasteiger partial charge in [0.25, 0.3) is 5.91 Å². The van der Waals surface area contributed by atoms with Gasteiger partial charge in [0.15, 0.2) is 0 Å². The van der Waals surface area contributed by atoms with Crippen LogP contribution >= 0.6 is 11.6 Å². The molecule has 0 unspecified atom stereocenters. The maximum Gasteiger partial charge on any atom is 0.257 e. The first-order valence-electron chi connectivity index (χ1n) is 6.98. The van der Waals surface area contributed by atoms with Gasteiger partial charge in [-0.3, -0.25) is 4.79 Å².